The highest BCUT2D eigenvalue weighted by molar-refractivity contribution is 5.94. The Kier molecular flexibility index (Phi) is 5.31. The average Bonchev–Trinajstić information content (AvgIpc) is 3.50. The molecular formula is C25H29N5O3. The van der Waals surface area contributed by atoms with Crippen LogP contribution in [0.3, 0.4) is 0 Å². The van der Waals surface area contributed by atoms with Gasteiger partial charge >= 0.3 is 5.97 Å². The molecule has 0 fully saturated rings. The molecule has 8 nitrogen and oxygen atoms in total. The van der Waals surface area contributed by atoms with Gasteiger partial charge in [0, 0.05) is 40.5 Å². The monoisotopic (exact) mass is 447 g/mol. The Labute approximate surface area is 192 Å². The average molecular weight is 448 g/mol. The summed E-state index contributed by atoms with van der Waals surface area (Å²) in [6.45, 7) is 9.87. The molecule has 0 atom stereocenters. The van der Waals surface area contributed by atoms with E-state index in [1.807, 2.05) is 35.0 Å². The van der Waals surface area contributed by atoms with Crippen molar-refractivity contribution >= 4 is 16.9 Å². The lowest BCUT2D eigenvalue weighted by Gasteiger charge is -2.30. The Hall–Kier alpha value is -3.42. The zero-order valence-corrected chi connectivity index (χ0v) is 19.6. The normalized spacial score (nSPS) is 15.0. The van der Waals surface area contributed by atoms with Crippen LogP contribution in [0, 0.1) is 5.41 Å². The first kappa shape index (κ1) is 21.4. The van der Waals surface area contributed by atoms with Crippen molar-refractivity contribution < 1.29 is 14.1 Å². The third-order valence-corrected chi connectivity index (χ3v) is 6.45. The lowest BCUT2D eigenvalue weighted by molar-refractivity contribution is -0.143. The summed E-state index contributed by atoms with van der Waals surface area (Å²) in [6.07, 6.45) is 4.95. The number of carbonyl (C=O) groups is 1. The minimum atomic E-state index is -0.262. The van der Waals surface area contributed by atoms with Gasteiger partial charge in [-0.1, -0.05) is 31.1 Å². The molecule has 1 aliphatic carbocycles. The van der Waals surface area contributed by atoms with E-state index < -0.39 is 0 Å². The molecule has 33 heavy (non-hydrogen) atoms. The first-order chi connectivity index (χ1) is 15.9. The third-order valence-electron chi connectivity index (χ3n) is 6.45. The SMILES string of the molecule is CCOC(=O)Cn1ccc2c(-c3noc(-c4nn(CC)c5c4CCC(C)(C)C5)n3)cccc21. The van der Waals surface area contributed by atoms with Crippen molar-refractivity contribution in [2.75, 3.05) is 6.61 Å². The fourth-order valence-corrected chi connectivity index (χ4v) is 4.76. The minimum Gasteiger partial charge on any atom is -0.465 e. The number of esters is 1. The predicted molar refractivity (Wildman–Crippen MR) is 125 cm³/mol. The number of aryl methyl sites for hydroxylation is 1. The summed E-state index contributed by atoms with van der Waals surface area (Å²) < 4.78 is 14.8. The van der Waals surface area contributed by atoms with E-state index in [-0.39, 0.29) is 17.9 Å². The molecule has 0 unspecified atom stereocenters. The molecule has 0 saturated carbocycles. The first-order valence-electron chi connectivity index (χ1n) is 11.6. The molecule has 4 aromatic rings. The molecule has 0 aliphatic heterocycles. The van der Waals surface area contributed by atoms with Gasteiger partial charge in [-0.2, -0.15) is 10.1 Å². The predicted octanol–water partition coefficient (Wildman–Crippen LogP) is 4.65. The maximum Gasteiger partial charge on any atom is 0.325 e. The van der Waals surface area contributed by atoms with E-state index in [9.17, 15) is 4.79 Å². The summed E-state index contributed by atoms with van der Waals surface area (Å²) in [5.74, 6) is 0.707. The van der Waals surface area contributed by atoms with Crippen LogP contribution in [-0.4, -0.2) is 37.1 Å². The smallest absolute Gasteiger partial charge is 0.325 e. The van der Waals surface area contributed by atoms with Crippen molar-refractivity contribution in [3.63, 3.8) is 0 Å². The molecular weight excluding hydrogens is 418 g/mol. The molecule has 0 bridgehead atoms. The number of benzene rings is 1. The highest BCUT2D eigenvalue weighted by Crippen LogP contribution is 2.39. The van der Waals surface area contributed by atoms with Gasteiger partial charge in [0.05, 0.1) is 6.61 Å². The Morgan fingerprint density at radius 2 is 2.09 bits per heavy atom. The topological polar surface area (TPSA) is 88.0 Å². The fraction of sp³-hybridized carbons (Fsp3) is 0.440. The van der Waals surface area contributed by atoms with E-state index in [4.69, 9.17) is 19.3 Å². The molecule has 0 saturated heterocycles. The number of hydrogen-bond donors (Lipinski definition) is 0. The molecule has 172 valence electrons. The van der Waals surface area contributed by atoms with E-state index in [1.165, 1.54) is 11.3 Å². The Morgan fingerprint density at radius 3 is 2.88 bits per heavy atom. The Bertz CT molecular complexity index is 1330. The molecule has 0 radical (unpaired) electrons. The van der Waals surface area contributed by atoms with Gasteiger partial charge < -0.3 is 13.8 Å². The van der Waals surface area contributed by atoms with Gasteiger partial charge in [0.1, 0.15) is 6.54 Å². The van der Waals surface area contributed by atoms with E-state index in [0.717, 1.165) is 48.0 Å². The zero-order chi connectivity index (χ0) is 23.2. The van der Waals surface area contributed by atoms with E-state index in [0.29, 0.717) is 18.3 Å². The Balaban J connectivity index is 1.51. The van der Waals surface area contributed by atoms with Crippen LogP contribution in [0.25, 0.3) is 33.9 Å². The third kappa shape index (κ3) is 3.83. The van der Waals surface area contributed by atoms with Crippen molar-refractivity contribution in [2.24, 2.45) is 5.41 Å². The second-order valence-electron chi connectivity index (χ2n) is 9.34. The highest BCUT2D eigenvalue weighted by Gasteiger charge is 2.32. The fourth-order valence-electron chi connectivity index (χ4n) is 4.76. The summed E-state index contributed by atoms with van der Waals surface area (Å²) >= 11 is 0. The number of carbonyl (C=O) groups excluding carboxylic acids is 1. The van der Waals surface area contributed by atoms with Gasteiger partial charge in [-0.25, -0.2) is 0 Å². The number of aromatic nitrogens is 5. The second-order valence-corrected chi connectivity index (χ2v) is 9.34. The number of fused-ring (bicyclic) bond motifs is 2. The number of hydrogen-bond acceptors (Lipinski definition) is 6. The second kappa shape index (κ2) is 8.17. The molecule has 8 heteroatoms. The quantitative estimate of drug-likeness (QED) is 0.400. The first-order valence-corrected chi connectivity index (χ1v) is 11.6. The zero-order valence-electron chi connectivity index (χ0n) is 19.6. The van der Waals surface area contributed by atoms with Gasteiger partial charge in [0.2, 0.25) is 5.82 Å². The lowest BCUT2D eigenvalue weighted by atomic mass is 9.76. The van der Waals surface area contributed by atoms with E-state index >= 15 is 0 Å². The van der Waals surface area contributed by atoms with E-state index in [2.05, 4.69) is 30.6 Å². The van der Waals surface area contributed by atoms with Crippen LogP contribution in [0.15, 0.2) is 35.0 Å². The number of rotatable bonds is 6. The molecule has 0 N–H and O–H groups in total. The Morgan fingerprint density at radius 1 is 1.24 bits per heavy atom. The molecule has 5 rings (SSSR count). The van der Waals surface area contributed by atoms with Crippen molar-refractivity contribution in [3.05, 3.63) is 41.7 Å². The number of ether oxygens (including phenoxy) is 1. The maximum atomic E-state index is 12.0. The summed E-state index contributed by atoms with van der Waals surface area (Å²) in [5, 5.41) is 10.1. The number of nitrogens with zero attached hydrogens (tertiary/aromatic N) is 5. The largest absolute Gasteiger partial charge is 0.465 e. The van der Waals surface area contributed by atoms with Crippen LogP contribution in [0.4, 0.5) is 0 Å². The summed E-state index contributed by atoms with van der Waals surface area (Å²) in [5.41, 5.74) is 5.35. The summed E-state index contributed by atoms with van der Waals surface area (Å²) in [7, 11) is 0. The standard InChI is InChI=1S/C25H29N5O3/c1-5-30-20-14-25(3,4)12-10-18(20)22(27-30)24-26-23(28-33-24)17-8-7-9-19-16(17)11-13-29(19)15-21(31)32-6-2/h7-9,11,13H,5-6,10,12,14-15H2,1-4H3. The highest BCUT2D eigenvalue weighted by atomic mass is 16.5. The molecule has 0 amide bonds. The van der Waals surface area contributed by atoms with Gasteiger partial charge in [-0.3, -0.25) is 9.48 Å². The summed E-state index contributed by atoms with van der Waals surface area (Å²) in [4.78, 5) is 16.7. The van der Waals surface area contributed by atoms with Crippen molar-refractivity contribution in [1.29, 1.82) is 0 Å². The van der Waals surface area contributed by atoms with Crippen LogP contribution in [0.2, 0.25) is 0 Å². The van der Waals surface area contributed by atoms with Crippen molar-refractivity contribution in [2.45, 2.75) is 60.0 Å². The molecule has 3 aromatic heterocycles. The van der Waals surface area contributed by atoms with Crippen LogP contribution in [0.1, 0.15) is 45.4 Å². The molecule has 0 spiro atoms. The minimum absolute atomic E-state index is 0.162. The van der Waals surface area contributed by atoms with Gasteiger partial charge in [-0.15, -0.1) is 0 Å². The lowest BCUT2D eigenvalue weighted by Crippen LogP contribution is -2.24. The van der Waals surface area contributed by atoms with E-state index in [1.54, 1.807) is 6.92 Å². The molecule has 1 aliphatic rings. The molecule has 3 heterocycles. The van der Waals surface area contributed by atoms with Crippen LogP contribution >= 0.6 is 0 Å². The van der Waals surface area contributed by atoms with Crippen LogP contribution < -0.4 is 0 Å². The van der Waals surface area contributed by atoms with Crippen LogP contribution in [-0.2, 0) is 35.5 Å². The van der Waals surface area contributed by atoms with Gasteiger partial charge in [0.25, 0.3) is 5.89 Å². The summed E-state index contributed by atoms with van der Waals surface area (Å²) in [6, 6.07) is 7.84. The van der Waals surface area contributed by atoms with Crippen molar-refractivity contribution in [1.82, 2.24) is 24.5 Å². The van der Waals surface area contributed by atoms with Gasteiger partial charge in [0.15, 0.2) is 5.69 Å². The van der Waals surface area contributed by atoms with Crippen molar-refractivity contribution in [3.8, 4) is 23.0 Å². The van der Waals surface area contributed by atoms with Gasteiger partial charge in [-0.05, 0) is 50.7 Å². The molecule has 1 aromatic carbocycles. The van der Waals surface area contributed by atoms with Crippen LogP contribution in [0.5, 0.6) is 0 Å². The maximum absolute atomic E-state index is 12.0.